The van der Waals surface area contributed by atoms with E-state index in [0.29, 0.717) is 25.9 Å². The average Bonchev–Trinajstić information content (AvgIpc) is 3.52. The van der Waals surface area contributed by atoms with E-state index in [0.717, 1.165) is 57.8 Å². The van der Waals surface area contributed by atoms with Gasteiger partial charge in [-0.15, -0.1) is 0 Å². The molecule has 0 saturated carbocycles. The summed E-state index contributed by atoms with van der Waals surface area (Å²) in [7, 11) is 0. The fraction of sp³-hybridized carbons (Fsp3) is 0.873. The number of esters is 1. The van der Waals surface area contributed by atoms with Crippen LogP contribution in [0.4, 0.5) is 0 Å². The van der Waals surface area contributed by atoms with Crippen molar-refractivity contribution in [1.82, 2.24) is 5.32 Å². The van der Waals surface area contributed by atoms with E-state index in [9.17, 15) is 19.8 Å². The van der Waals surface area contributed by atoms with Gasteiger partial charge in [-0.05, 0) is 89.9 Å². The molecule has 0 spiro atoms. The Hall–Kier alpha value is -2.18. The summed E-state index contributed by atoms with van der Waals surface area (Å²) in [4.78, 5) is 24.6. The molecule has 0 saturated heterocycles. The number of rotatable bonds is 72. The first kappa shape index (κ1) is 82.8. The summed E-state index contributed by atoms with van der Waals surface area (Å²) in [5.41, 5.74) is 0. The molecule has 2 atom stereocenters. The number of amides is 1. The second kappa shape index (κ2) is 74.3. The van der Waals surface area contributed by atoms with E-state index < -0.39 is 12.1 Å². The first-order valence-corrected chi connectivity index (χ1v) is 38.4. The molecule has 6 nitrogen and oxygen atoms in total. The van der Waals surface area contributed by atoms with Gasteiger partial charge in [0.2, 0.25) is 5.91 Å². The van der Waals surface area contributed by atoms with Crippen molar-refractivity contribution in [3.63, 3.8) is 0 Å². The first-order valence-electron chi connectivity index (χ1n) is 38.4. The zero-order valence-corrected chi connectivity index (χ0v) is 57.4. The van der Waals surface area contributed by atoms with Crippen molar-refractivity contribution < 1.29 is 24.5 Å². The molecule has 0 aliphatic carbocycles. The smallest absolute Gasteiger partial charge is 0.305 e. The lowest BCUT2D eigenvalue weighted by molar-refractivity contribution is -0.143. The van der Waals surface area contributed by atoms with Crippen LogP contribution in [0.15, 0.2) is 48.6 Å². The highest BCUT2D eigenvalue weighted by atomic mass is 16.5. The Morgan fingerprint density at radius 1 is 0.329 bits per heavy atom. The Bertz CT molecular complexity index is 1420. The molecule has 0 bridgehead atoms. The van der Waals surface area contributed by atoms with E-state index in [1.54, 1.807) is 0 Å². The van der Waals surface area contributed by atoms with Crippen LogP contribution in [0.1, 0.15) is 418 Å². The van der Waals surface area contributed by atoms with E-state index in [-0.39, 0.29) is 18.5 Å². The lowest BCUT2D eigenvalue weighted by atomic mass is 10.0. The van der Waals surface area contributed by atoms with E-state index >= 15 is 0 Å². The standard InChI is InChI=1S/C79H149NO5/c1-3-5-7-9-11-13-15-17-19-45-49-53-57-61-65-69-73-79(84)85-74-70-66-62-58-54-50-46-42-40-38-36-34-32-30-28-26-24-22-20-21-23-25-27-29-31-33-35-37-39-41-44-48-52-56-60-64-68-72-78(83)80-76(75-81)77(82)71-67-63-59-55-51-47-43-18-16-14-12-10-8-6-4-2/h13,15,19-20,22,26,28,45,76-77,81-82H,3-12,14,16-18,21,23-25,27,29-44,46-75H2,1-2H3,(H,80,83)/b15-13-,22-20-,28-26-,45-19-. The van der Waals surface area contributed by atoms with Gasteiger partial charge in [-0.3, -0.25) is 9.59 Å². The van der Waals surface area contributed by atoms with Crippen molar-refractivity contribution in [2.45, 2.75) is 431 Å². The summed E-state index contributed by atoms with van der Waals surface area (Å²) in [5.74, 6) is -0.0240. The van der Waals surface area contributed by atoms with Crippen LogP contribution in [0.3, 0.4) is 0 Å². The van der Waals surface area contributed by atoms with Gasteiger partial charge in [-0.1, -0.05) is 364 Å². The summed E-state index contributed by atoms with van der Waals surface area (Å²) in [6, 6.07) is -0.540. The molecular formula is C79H149NO5. The highest BCUT2D eigenvalue weighted by Gasteiger charge is 2.20. The highest BCUT2D eigenvalue weighted by Crippen LogP contribution is 2.19. The van der Waals surface area contributed by atoms with Gasteiger partial charge in [0.25, 0.3) is 0 Å². The minimum absolute atomic E-state index is 0.00552. The van der Waals surface area contributed by atoms with E-state index in [2.05, 4.69) is 67.8 Å². The minimum atomic E-state index is -0.663. The predicted octanol–water partition coefficient (Wildman–Crippen LogP) is 25.2. The predicted molar refractivity (Wildman–Crippen MR) is 375 cm³/mol. The lowest BCUT2D eigenvalue weighted by Gasteiger charge is -2.22. The van der Waals surface area contributed by atoms with Gasteiger partial charge in [-0.2, -0.15) is 0 Å². The van der Waals surface area contributed by atoms with Crippen LogP contribution < -0.4 is 5.32 Å². The molecule has 0 aromatic rings. The van der Waals surface area contributed by atoms with E-state index in [1.807, 2.05) is 0 Å². The number of hydrogen-bond acceptors (Lipinski definition) is 5. The minimum Gasteiger partial charge on any atom is -0.466 e. The zero-order chi connectivity index (χ0) is 61.3. The third kappa shape index (κ3) is 70.8. The average molecular weight is 1190 g/mol. The third-order valence-corrected chi connectivity index (χ3v) is 17.9. The Balaban J connectivity index is 3.36. The maximum Gasteiger partial charge on any atom is 0.305 e. The molecule has 6 heteroatoms. The normalized spacial score (nSPS) is 12.8. The Morgan fingerprint density at radius 3 is 0.906 bits per heavy atom. The molecule has 0 aromatic carbocycles. The van der Waals surface area contributed by atoms with Crippen LogP contribution >= 0.6 is 0 Å². The molecule has 500 valence electrons. The molecule has 0 aliphatic heterocycles. The van der Waals surface area contributed by atoms with Crippen LogP contribution in [0.5, 0.6) is 0 Å². The summed E-state index contributed by atoms with van der Waals surface area (Å²) in [5, 5.41) is 23.4. The van der Waals surface area contributed by atoms with Crippen LogP contribution in [-0.2, 0) is 14.3 Å². The largest absolute Gasteiger partial charge is 0.466 e. The lowest BCUT2D eigenvalue weighted by Crippen LogP contribution is -2.45. The summed E-state index contributed by atoms with van der Waals surface area (Å²) in [6.07, 6.45) is 97.7. The van der Waals surface area contributed by atoms with Gasteiger partial charge in [0.1, 0.15) is 0 Å². The van der Waals surface area contributed by atoms with Crippen LogP contribution in [0.25, 0.3) is 0 Å². The maximum absolute atomic E-state index is 12.5. The van der Waals surface area contributed by atoms with Crippen molar-refractivity contribution in [3.8, 4) is 0 Å². The molecule has 3 N–H and O–H groups in total. The topological polar surface area (TPSA) is 95.9 Å². The first-order chi connectivity index (χ1) is 42.0. The molecule has 0 rings (SSSR count). The van der Waals surface area contributed by atoms with Gasteiger partial charge in [0, 0.05) is 12.8 Å². The van der Waals surface area contributed by atoms with Gasteiger partial charge in [0.05, 0.1) is 25.4 Å². The Kier molecular flexibility index (Phi) is 72.4. The number of unbranched alkanes of at least 4 members (excludes halogenated alkanes) is 53. The van der Waals surface area contributed by atoms with Gasteiger partial charge < -0.3 is 20.3 Å². The maximum atomic E-state index is 12.5. The number of carbonyl (C=O) groups excluding carboxylic acids is 2. The number of aliphatic hydroxyl groups is 2. The van der Waals surface area contributed by atoms with Gasteiger partial charge in [-0.25, -0.2) is 0 Å². The molecule has 0 radical (unpaired) electrons. The Labute approximate surface area is 531 Å². The van der Waals surface area contributed by atoms with E-state index in [4.69, 9.17) is 4.74 Å². The summed E-state index contributed by atoms with van der Waals surface area (Å²) < 4.78 is 5.49. The molecule has 0 aromatic heterocycles. The molecule has 0 heterocycles. The fourth-order valence-electron chi connectivity index (χ4n) is 12.0. The monoisotopic (exact) mass is 1190 g/mol. The van der Waals surface area contributed by atoms with Crippen molar-refractivity contribution in [2.24, 2.45) is 0 Å². The van der Waals surface area contributed by atoms with Crippen LogP contribution in [0, 0.1) is 0 Å². The van der Waals surface area contributed by atoms with Crippen molar-refractivity contribution in [2.75, 3.05) is 13.2 Å². The van der Waals surface area contributed by atoms with Crippen LogP contribution in [0.2, 0.25) is 0 Å². The number of allylic oxidation sites excluding steroid dienone is 8. The second-order valence-corrected chi connectivity index (χ2v) is 26.3. The molecule has 0 aliphatic rings. The van der Waals surface area contributed by atoms with Crippen LogP contribution in [-0.4, -0.2) is 47.4 Å². The van der Waals surface area contributed by atoms with Crippen molar-refractivity contribution >= 4 is 11.9 Å². The molecular weight excluding hydrogens is 1040 g/mol. The third-order valence-electron chi connectivity index (χ3n) is 17.9. The molecule has 2 unspecified atom stereocenters. The molecule has 85 heavy (non-hydrogen) atoms. The molecule has 1 amide bonds. The SMILES string of the molecule is CCCCCC/C=C\C/C=C\CCCCCCCC(=O)OCCCCCCCCCCCCCCC/C=C\C/C=C\CCCCCCCCCCCCCCCCCCCC(=O)NC(CO)C(O)CCCCCCCCCCCCCCCCC. The number of carbonyl (C=O) groups is 2. The highest BCUT2D eigenvalue weighted by molar-refractivity contribution is 5.76. The Morgan fingerprint density at radius 2 is 0.588 bits per heavy atom. The van der Waals surface area contributed by atoms with Gasteiger partial charge in [0.15, 0.2) is 0 Å². The number of aliphatic hydroxyl groups excluding tert-OH is 2. The second-order valence-electron chi connectivity index (χ2n) is 26.3. The van der Waals surface area contributed by atoms with Gasteiger partial charge >= 0.3 is 5.97 Å². The summed E-state index contributed by atoms with van der Waals surface area (Å²) >= 11 is 0. The molecule has 0 fully saturated rings. The number of ether oxygens (including phenoxy) is 1. The zero-order valence-electron chi connectivity index (χ0n) is 57.4. The number of nitrogens with one attached hydrogen (secondary N) is 1. The fourth-order valence-corrected chi connectivity index (χ4v) is 12.0. The number of hydrogen-bond donors (Lipinski definition) is 3. The van der Waals surface area contributed by atoms with Crippen molar-refractivity contribution in [3.05, 3.63) is 48.6 Å². The summed E-state index contributed by atoms with van der Waals surface area (Å²) in [6.45, 7) is 4.96. The van der Waals surface area contributed by atoms with E-state index in [1.165, 1.54) is 327 Å². The quantitative estimate of drug-likeness (QED) is 0.0320. The van der Waals surface area contributed by atoms with Crippen molar-refractivity contribution in [1.29, 1.82) is 0 Å².